The van der Waals surface area contributed by atoms with Crippen molar-refractivity contribution in [3.8, 4) is 5.75 Å². The summed E-state index contributed by atoms with van der Waals surface area (Å²) >= 11 is 0. The molecule has 1 saturated heterocycles. The Morgan fingerprint density at radius 1 is 1.50 bits per heavy atom. The first-order valence-electron chi connectivity index (χ1n) is 4.55. The number of rotatable bonds is 2. The molecule has 2 N–H and O–H groups in total. The van der Waals surface area contributed by atoms with E-state index in [-0.39, 0.29) is 11.9 Å². The van der Waals surface area contributed by atoms with Gasteiger partial charge < -0.3 is 15.2 Å². The number of hydrogen-bond donors (Lipinski definition) is 1. The lowest BCUT2D eigenvalue weighted by molar-refractivity contribution is 0.138. The fourth-order valence-corrected chi connectivity index (χ4v) is 1.40. The van der Waals surface area contributed by atoms with Crippen LogP contribution in [0.25, 0.3) is 0 Å². The molecule has 0 amide bonds. The van der Waals surface area contributed by atoms with Crippen molar-refractivity contribution in [2.75, 3.05) is 18.9 Å². The molecule has 1 aliphatic rings. The molecule has 0 unspecified atom stereocenters. The van der Waals surface area contributed by atoms with Gasteiger partial charge in [-0.25, -0.2) is 4.39 Å². The Kier molecular flexibility index (Phi) is 2.54. The van der Waals surface area contributed by atoms with Crippen molar-refractivity contribution in [3.63, 3.8) is 0 Å². The van der Waals surface area contributed by atoms with Gasteiger partial charge in [0.25, 0.3) is 0 Å². The average molecular weight is 197 g/mol. The van der Waals surface area contributed by atoms with Gasteiger partial charge >= 0.3 is 0 Å². The topological polar surface area (TPSA) is 44.5 Å². The lowest BCUT2D eigenvalue weighted by Crippen LogP contribution is -2.16. The summed E-state index contributed by atoms with van der Waals surface area (Å²) < 4.78 is 23.8. The number of anilines is 1. The summed E-state index contributed by atoms with van der Waals surface area (Å²) in [5.74, 6) is -0.174. The maximum absolute atomic E-state index is 13.3. The molecule has 76 valence electrons. The predicted octanol–water partition coefficient (Wildman–Crippen LogP) is 1.58. The van der Waals surface area contributed by atoms with Crippen molar-refractivity contribution < 1.29 is 13.9 Å². The van der Waals surface area contributed by atoms with E-state index in [1.165, 1.54) is 6.07 Å². The van der Waals surface area contributed by atoms with Gasteiger partial charge in [-0.1, -0.05) is 0 Å². The smallest absolute Gasteiger partial charge is 0.167 e. The van der Waals surface area contributed by atoms with Crippen LogP contribution in [0, 0.1) is 5.82 Å². The highest BCUT2D eigenvalue weighted by Gasteiger charge is 2.18. The fourth-order valence-electron chi connectivity index (χ4n) is 1.40. The molecule has 0 spiro atoms. The maximum Gasteiger partial charge on any atom is 0.167 e. The first-order valence-corrected chi connectivity index (χ1v) is 4.55. The second-order valence-corrected chi connectivity index (χ2v) is 3.29. The minimum atomic E-state index is -0.420. The van der Waals surface area contributed by atoms with Gasteiger partial charge in [0.1, 0.15) is 6.10 Å². The number of nitrogens with two attached hydrogens (primary N) is 1. The van der Waals surface area contributed by atoms with Crippen LogP contribution < -0.4 is 10.5 Å². The average Bonchev–Trinajstić information content (AvgIpc) is 2.62. The van der Waals surface area contributed by atoms with Crippen molar-refractivity contribution in [2.45, 2.75) is 12.5 Å². The first kappa shape index (κ1) is 9.27. The Morgan fingerprint density at radius 3 is 3.00 bits per heavy atom. The van der Waals surface area contributed by atoms with E-state index in [1.54, 1.807) is 12.1 Å². The molecular weight excluding hydrogens is 185 g/mol. The monoisotopic (exact) mass is 197 g/mol. The van der Waals surface area contributed by atoms with Crippen LogP contribution in [0.1, 0.15) is 6.42 Å². The third-order valence-corrected chi connectivity index (χ3v) is 2.14. The van der Waals surface area contributed by atoms with Crippen molar-refractivity contribution in [2.24, 2.45) is 0 Å². The van der Waals surface area contributed by atoms with Gasteiger partial charge in [0.05, 0.1) is 13.2 Å². The molecule has 4 heteroatoms. The van der Waals surface area contributed by atoms with Crippen LogP contribution in [0.4, 0.5) is 10.1 Å². The number of hydrogen-bond acceptors (Lipinski definition) is 3. The molecule has 0 radical (unpaired) electrons. The Hall–Kier alpha value is -1.29. The molecule has 0 saturated carbocycles. The van der Waals surface area contributed by atoms with Gasteiger partial charge in [-0.05, 0) is 12.1 Å². The molecule has 0 bridgehead atoms. The molecule has 2 rings (SSSR count). The molecule has 1 aromatic rings. The highest BCUT2D eigenvalue weighted by Crippen LogP contribution is 2.22. The van der Waals surface area contributed by atoms with Crippen molar-refractivity contribution in [1.82, 2.24) is 0 Å². The van der Waals surface area contributed by atoms with Crippen LogP contribution in [0.15, 0.2) is 18.2 Å². The van der Waals surface area contributed by atoms with Gasteiger partial charge in [0.2, 0.25) is 0 Å². The minimum Gasteiger partial charge on any atom is -0.485 e. The van der Waals surface area contributed by atoms with E-state index in [4.69, 9.17) is 15.2 Å². The Bertz CT molecular complexity index is 324. The van der Waals surface area contributed by atoms with Crippen molar-refractivity contribution >= 4 is 5.69 Å². The van der Waals surface area contributed by atoms with Gasteiger partial charge in [-0.2, -0.15) is 0 Å². The standard InChI is InChI=1S/C10H12FNO2/c11-9-5-7(12)1-2-10(9)14-8-3-4-13-6-8/h1-2,5,8H,3-4,6,12H2/t8-/m0/s1. The third-order valence-electron chi connectivity index (χ3n) is 2.14. The molecule has 1 aliphatic heterocycles. The van der Waals surface area contributed by atoms with Crippen LogP contribution in [-0.2, 0) is 4.74 Å². The largest absolute Gasteiger partial charge is 0.485 e. The quantitative estimate of drug-likeness (QED) is 0.732. The zero-order valence-electron chi connectivity index (χ0n) is 7.70. The number of halogens is 1. The summed E-state index contributed by atoms with van der Waals surface area (Å²) in [6.07, 6.45) is 0.775. The number of ether oxygens (including phenoxy) is 2. The maximum atomic E-state index is 13.3. The van der Waals surface area contributed by atoms with E-state index in [2.05, 4.69) is 0 Å². The van der Waals surface area contributed by atoms with Crippen molar-refractivity contribution in [3.05, 3.63) is 24.0 Å². The highest BCUT2D eigenvalue weighted by molar-refractivity contribution is 5.42. The van der Waals surface area contributed by atoms with Crippen LogP contribution in [-0.4, -0.2) is 19.3 Å². The Labute approximate surface area is 81.6 Å². The lowest BCUT2D eigenvalue weighted by Gasteiger charge is -2.12. The summed E-state index contributed by atoms with van der Waals surface area (Å²) in [5.41, 5.74) is 5.82. The Balaban J connectivity index is 2.08. The lowest BCUT2D eigenvalue weighted by atomic mass is 10.2. The SMILES string of the molecule is Nc1ccc(O[C@H]2CCOC2)c(F)c1. The van der Waals surface area contributed by atoms with E-state index >= 15 is 0 Å². The van der Waals surface area contributed by atoms with E-state index < -0.39 is 5.82 Å². The molecule has 14 heavy (non-hydrogen) atoms. The summed E-state index contributed by atoms with van der Waals surface area (Å²) in [7, 11) is 0. The number of benzene rings is 1. The normalized spacial score (nSPS) is 21.1. The second-order valence-electron chi connectivity index (χ2n) is 3.29. The number of nitrogen functional groups attached to an aromatic ring is 1. The fraction of sp³-hybridized carbons (Fsp3) is 0.400. The summed E-state index contributed by atoms with van der Waals surface area (Å²) in [4.78, 5) is 0. The third kappa shape index (κ3) is 1.96. The first-order chi connectivity index (χ1) is 6.75. The molecule has 1 aromatic carbocycles. The summed E-state index contributed by atoms with van der Waals surface area (Å²) in [6.45, 7) is 1.21. The minimum absolute atomic E-state index is 0.0341. The molecule has 0 aromatic heterocycles. The molecule has 0 aliphatic carbocycles. The van der Waals surface area contributed by atoms with Crippen LogP contribution in [0.5, 0.6) is 5.75 Å². The van der Waals surface area contributed by atoms with Crippen molar-refractivity contribution in [1.29, 1.82) is 0 Å². The van der Waals surface area contributed by atoms with Gasteiger partial charge in [-0.15, -0.1) is 0 Å². The van der Waals surface area contributed by atoms with Gasteiger partial charge in [0.15, 0.2) is 11.6 Å². The summed E-state index contributed by atoms with van der Waals surface area (Å²) in [5, 5.41) is 0. The molecule has 1 heterocycles. The van der Waals surface area contributed by atoms with Crippen LogP contribution in [0.3, 0.4) is 0 Å². The summed E-state index contributed by atoms with van der Waals surface area (Å²) in [6, 6.07) is 4.42. The van der Waals surface area contributed by atoms with E-state index in [0.717, 1.165) is 6.42 Å². The van der Waals surface area contributed by atoms with Crippen LogP contribution >= 0.6 is 0 Å². The highest BCUT2D eigenvalue weighted by atomic mass is 19.1. The second kappa shape index (κ2) is 3.84. The van der Waals surface area contributed by atoms with E-state index in [0.29, 0.717) is 18.9 Å². The molecule has 3 nitrogen and oxygen atoms in total. The molecular formula is C10H12FNO2. The van der Waals surface area contributed by atoms with E-state index in [1.807, 2.05) is 0 Å². The predicted molar refractivity (Wildman–Crippen MR) is 50.7 cm³/mol. The molecule has 1 atom stereocenters. The molecule has 1 fully saturated rings. The zero-order valence-corrected chi connectivity index (χ0v) is 7.70. The zero-order chi connectivity index (χ0) is 9.97. The van der Waals surface area contributed by atoms with Gasteiger partial charge in [-0.3, -0.25) is 0 Å². The van der Waals surface area contributed by atoms with Crippen LogP contribution in [0.2, 0.25) is 0 Å². The van der Waals surface area contributed by atoms with E-state index in [9.17, 15) is 4.39 Å². The Morgan fingerprint density at radius 2 is 2.36 bits per heavy atom. The van der Waals surface area contributed by atoms with Gasteiger partial charge in [0, 0.05) is 18.2 Å².